The van der Waals surface area contributed by atoms with Crippen molar-refractivity contribution in [3.63, 3.8) is 0 Å². The van der Waals surface area contributed by atoms with Crippen molar-refractivity contribution in [2.75, 3.05) is 7.11 Å². The van der Waals surface area contributed by atoms with Crippen LogP contribution in [0.4, 0.5) is 0 Å². The number of methoxy groups -OCH3 is 1. The number of carbonyl (C=O) groups is 1. The lowest BCUT2D eigenvalue weighted by atomic mass is 9.91. The van der Waals surface area contributed by atoms with E-state index in [-0.39, 0.29) is 5.56 Å². The van der Waals surface area contributed by atoms with Gasteiger partial charge in [-0.25, -0.2) is 4.79 Å². The fourth-order valence-electron chi connectivity index (χ4n) is 3.18. The maximum Gasteiger partial charge on any atom is 0.336 e. The van der Waals surface area contributed by atoms with Crippen LogP contribution in [0.5, 0.6) is 5.75 Å². The molecule has 128 valence electrons. The zero-order valence-electron chi connectivity index (χ0n) is 13.9. The molecule has 5 nitrogen and oxygen atoms in total. The van der Waals surface area contributed by atoms with Gasteiger partial charge in [0.1, 0.15) is 17.1 Å². The predicted molar refractivity (Wildman–Crippen MR) is 97.6 cm³/mol. The molecule has 0 unspecified atom stereocenters. The molecule has 2 aromatic rings. The Balaban J connectivity index is 2.19. The summed E-state index contributed by atoms with van der Waals surface area (Å²) in [6.07, 6.45) is 0. The van der Waals surface area contributed by atoms with Crippen LogP contribution >= 0.6 is 0 Å². The first kappa shape index (κ1) is 15.9. The van der Waals surface area contributed by atoms with Crippen LogP contribution in [0, 0.1) is 5.41 Å². The number of hydrogen-bond donors (Lipinski definition) is 2. The Morgan fingerprint density at radius 1 is 1.04 bits per heavy atom. The van der Waals surface area contributed by atoms with E-state index in [9.17, 15) is 9.90 Å². The fourth-order valence-corrected chi connectivity index (χ4v) is 3.18. The van der Waals surface area contributed by atoms with Gasteiger partial charge in [0.15, 0.2) is 0 Å². The molecule has 0 radical (unpaired) electrons. The molecule has 0 aromatic heterocycles. The number of fused-ring (bicyclic) bond motifs is 2. The molecule has 2 aromatic carbocycles. The molecule has 1 heterocycles. The zero-order valence-corrected chi connectivity index (χ0v) is 13.9. The minimum absolute atomic E-state index is 0.215. The molecule has 2 aliphatic rings. The molecule has 0 spiro atoms. The number of carboxylic acids is 1. The summed E-state index contributed by atoms with van der Waals surface area (Å²) < 4.78 is 11.3. The molecule has 0 amide bonds. The van der Waals surface area contributed by atoms with Gasteiger partial charge in [0.25, 0.3) is 0 Å². The van der Waals surface area contributed by atoms with E-state index in [1.54, 1.807) is 49.6 Å². The summed E-state index contributed by atoms with van der Waals surface area (Å²) in [7, 11) is 1.57. The zero-order chi connectivity index (χ0) is 18.3. The molecule has 0 bridgehead atoms. The van der Waals surface area contributed by atoms with Crippen LogP contribution in [0.3, 0.4) is 0 Å². The first-order valence-electron chi connectivity index (χ1n) is 8.00. The van der Waals surface area contributed by atoms with E-state index in [0.29, 0.717) is 28.0 Å². The molecule has 5 heteroatoms. The summed E-state index contributed by atoms with van der Waals surface area (Å²) in [6, 6.07) is 17.4. The number of carboxylic acid groups (broad SMARTS) is 1. The largest absolute Gasteiger partial charge is 0.497 e. The van der Waals surface area contributed by atoms with Crippen molar-refractivity contribution in [3.05, 3.63) is 71.6 Å². The van der Waals surface area contributed by atoms with Gasteiger partial charge in [0, 0.05) is 28.6 Å². The second-order valence-corrected chi connectivity index (χ2v) is 5.90. The average Bonchev–Trinajstić information content (AvgIpc) is 2.65. The first-order valence-corrected chi connectivity index (χ1v) is 8.00. The Morgan fingerprint density at radius 2 is 1.85 bits per heavy atom. The van der Waals surface area contributed by atoms with Crippen LogP contribution in [0.2, 0.25) is 0 Å². The van der Waals surface area contributed by atoms with Gasteiger partial charge >= 0.3 is 5.97 Å². The van der Waals surface area contributed by atoms with E-state index in [4.69, 9.17) is 14.6 Å². The first-order chi connectivity index (χ1) is 12.6. The Kier molecular flexibility index (Phi) is 3.69. The summed E-state index contributed by atoms with van der Waals surface area (Å²) in [5.74, 6) is 0.168. The van der Waals surface area contributed by atoms with Crippen molar-refractivity contribution in [1.29, 1.82) is 5.41 Å². The maximum absolute atomic E-state index is 11.7. The Labute approximate surface area is 148 Å². The highest BCUT2D eigenvalue weighted by Crippen LogP contribution is 2.41. The van der Waals surface area contributed by atoms with Gasteiger partial charge in [-0.2, -0.15) is 0 Å². The molecule has 0 saturated carbocycles. The molecule has 0 fully saturated rings. The van der Waals surface area contributed by atoms with Crippen molar-refractivity contribution in [2.45, 2.75) is 0 Å². The number of hydrogen-bond acceptors (Lipinski definition) is 4. The van der Waals surface area contributed by atoms with Crippen LogP contribution in [0.15, 0.2) is 65.1 Å². The van der Waals surface area contributed by atoms with Crippen LogP contribution < -0.4 is 10.1 Å². The molecule has 1 aliphatic heterocycles. The molecule has 0 saturated heterocycles. The van der Waals surface area contributed by atoms with Crippen LogP contribution in [-0.4, -0.2) is 18.2 Å². The lowest BCUT2D eigenvalue weighted by Crippen LogP contribution is -2.03. The normalized spacial score (nSPS) is 11.0. The number of rotatable bonds is 3. The van der Waals surface area contributed by atoms with E-state index >= 15 is 0 Å². The maximum atomic E-state index is 11.7. The summed E-state index contributed by atoms with van der Waals surface area (Å²) in [5.41, 5.74) is 2.91. The second-order valence-electron chi connectivity index (χ2n) is 5.90. The topological polar surface area (TPSA) is 83.5 Å². The van der Waals surface area contributed by atoms with Crippen molar-refractivity contribution in [1.82, 2.24) is 0 Å². The Morgan fingerprint density at radius 3 is 2.62 bits per heavy atom. The van der Waals surface area contributed by atoms with Gasteiger partial charge in [-0.3, -0.25) is 0 Å². The van der Waals surface area contributed by atoms with Gasteiger partial charge in [-0.1, -0.05) is 18.2 Å². The fraction of sp³-hybridized carbons (Fsp3) is 0.0476. The van der Waals surface area contributed by atoms with Gasteiger partial charge in [0.2, 0.25) is 0 Å². The summed E-state index contributed by atoms with van der Waals surface area (Å²) >= 11 is 0. The van der Waals surface area contributed by atoms with Crippen LogP contribution in [0.1, 0.15) is 10.4 Å². The summed E-state index contributed by atoms with van der Waals surface area (Å²) in [6.45, 7) is 0. The van der Waals surface area contributed by atoms with E-state index in [1.807, 2.05) is 18.2 Å². The minimum Gasteiger partial charge on any atom is -0.497 e. The molecular formula is C21H15NO4. The van der Waals surface area contributed by atoms with E-state index in [1.165, 1.54) is 0 Å². The lowest BCUT2D eigenvalue weighted by Gasteiger charge is -2.17. The minimum atomic E-state index is -0.992. The predicted octanol–water partition coefficient (Wildman–Crippen LogP) is 4.39. The smallest absolute Gasteiger partial charge is 0.336 e. The third-order valence-corrected chi connectivity index (χ3v) is 4.36. The van der Waals surface area contributed by atoms with Crippen molar-refractivity contribution >= 4 is 16.9 Å². The number of aromatic carboxylic acids is 1. The van der Waals surface area contributed by atoms with Gasteiger partial charge in [0.05, 0.1) is 18.0 Å². The quantitative estimate of drug-likeness (QED) is 0.539. The highest BCUT2D eigenvalue weighted by atomic mass is 16.5. The summed E-state index contributed by atoms with van der Waals surface area (Å²) in [5, 5.41) is 18.6. The third-order valence-electron chi connectivity index (χ3n) is 4.36. The molecule has 0 atom stereocenters. The van der Waals surface area contributed by atoms with Crippen LogP contribution in [-0.2, 0) is 0 Å². The van der Waals surface area contributed by atoms with Gasteiger partial charge in [-0.15, -0.1) is 0 Å². The van der Waals surface area contributed by atoms with E-state index in [2.05, 4.69) is 0 Å². The number of ether oxygens (including phenoxy) is 1. The molecule has 26 heavy (non-hydrogen) atoms. The lowest BCUT2D eigenvalue weighted by molar-refractivity contribution is 0.0697. The highest BCUT2D eigenvalue weighted by Gasteiger charge is 2.21. The monoisotopic (exact) mass is 345 g/mol. The van der Waals surface area contributed by atoms with Gasteiger partial charge in [-0.05, 0) is 35.9 Å². The Hall–Kier alpha value is -3.60. The van der Waals surface area contributed by atoms with Crippen molar-refractivity contribution < 1.29 is 19.1 Å². The second kappa shape index (κ2) is 6.04. The summed E-state index contributed by atoms with van der Waals surface area (Å²) in [4.78, 5) is 11.7. The molecular weight excluding hydrogens is 330 g/mol. The molecule has 4 rings (SSSR count). The van der Waals surface area contributed by atoms with Crippen molar-refractivity contribution in [3.8, 4) is 28.2 Å². The van der Waals surface area contributed by atoms with Crippen molar-refractivity contribution in [2.24, 2.45) is 0 Å². The SMILES string of the molecule is COc1ccc2c(-c3ccccc3C(=O)O)c3ccc(=N)cc-3oc2c1. The van der Waals surface area contributed by atoms with Gasteiger partial charge < -0.3 is 19.7 Å². The highest BCUT2D eigenvalue weighted by molar-refractivity contribution is 6.07. The number of benzene rings is 3. The van der Waals surface area contributed by atoms with Crippen LogP contribution in [0.25, 0.3) is 33.4 Å². The number of nitrogens with one attached hydrogen (secondary N) is 1. The molecule has 2 N–H and O–H groups in total. The molecule has 1 aliphatic carbocycles. The third kappa shape index (κ3) is 2.50. The van der Waals surface area contributed by atoms with E-state index in [0.717, 1.165) is 16.5 Å². The van der Waals surface area contributed by atoms with E-state index < -0.39 is 5.97 Å². The standard InChI is InChI=1S/C21H15NO4/c1-25-13-7-9-17-19(11-13)26-18-10-12(22)6-8-16(18)20(17)14-4-2-3-5-15(14)21(23)24/h2-11,22H,1H3,(H,23,24). The Bertz CT molecular complexity index is 1180. The average molecular weight is 345 g/mol.